The molecule has 1 atom stereocenters. The number of allylic oxidation sites excluding steroid dienone is 2. The van der Waals surface area contributed by atoms with E-state index in [1.54, 1.807) is 0 Å². The average Bonchev–Trinajstić information content (AvgIpc) is 2.06. The van der Waals surface area contributed by atoms with E-state index in [0.29, 0.717) is 0 Å². The Balaban J connectivity index is 2.64. The SMILES string of the molecule is CC[C@@]1(C=O)CC=CCC1. The molecule has 0 amide bonds. The molecule has 0 aliphatic heterocycles. The van der Waals surface area contributed by atoms with Crippen molar-refractivity contribution in [1.29, 1.82) is 0 Å². The van der Waals surface area contributed by atoms with Crippen molar-refractivity contribution in [3.05, 3.63) is 12.2 Å². The van der Waals surface area contributed by atoms with Crippen LogP contribution < -0.4 is 0 Å². The molecular formula is C9H14O. The summed E-state index contributed by atoms with van der Waals surface area (Å²) in [6.45, 7) is 2.09. The van der Waals surface area contributed by atoms with Gasteiger partial charge in [-0.1, -0.05) is 19.1 Å². The summed E-state index contributed by atoms with van der Waals surface area (Å²) >= 11 is 0. The smallest absolute Gasteiger partial charge is 0.126 e. The summed E-state index contributed by atoms with van der Waals surface area (Å²) in [5.41, 5.74) is -0.00521. The van der Waals surface area contributed by atoms with Crippen molar-refractivity contribution in [1.82, 2.24) is 0 Å². The molecule has 0 aromatic carbocycles. The second kappa shape index (κ2) is 3.00. The Morgan fingerprint density at radius 2 is 2.40 bits per heavy atom. The van der Waals surface area contributed by atoms with Crippen LogP contribution in [-0.2, 0) is 4.79 Å². The molecule has 0 heterocycles. The highest BCUT2D eigenvalue weighted by molar-refractivity contribution is 5.60. The first-order chi connectivity index (χ1) is 4.83. The molecule has 0 radical (unpaired) electrons. The van der Waals surface area contributed by atoms with Gasteiger partial charge in [-0.05, 0) is 25.7 Å². The van der Waals surface area contributed by atoms with Crippen LogP contribution >= 0.6 is 0 Å². The zero-order valence-electron chi connectivity index (χ0n) is 6.47. The molecule has 1 aliphatic carbocycles. The van der Waals surface area contributed by atoms with Gasteiger partial charge in [-0.15, -0.1) is 0 Å². The minimum absolute atomic E-state index is 0.00521. The minimum Gasteiger partial charge on any atom is -0.303 e. The second-order valence-corrected chi connectivity index (χ2v) is 3.05. The van der Waals surface area contributed by atoms with Crippen molar-refractivity contribution in [2.75, 3.05) is 0 Å². The Kier molecular flexibility index (Phi) is 2.25. The van der Waals surface area contributed by atoms with E-state index in [4.69, 9.17) is 0 Å². The van der Waals surface area contributed by atoms with Gasteiger partial charge >= 0.3 is 0 Å². The minimum atomic E-state index is -0.00521. The summed E-state index contributed by atoms with van der Waals surface area (Å²) in [6.07, 6.45) is 9.49. The molecule has 0 unspecified atom stereocenters. The van der Waals surface area contributed by atoms with E-state index >= 15 is 0 Å². The summed E-state index contributed by atoms with van der Waals surface area (Å²) in [6, 6.07) is 0. The average molecular weight is 138 g/mol. The molecule has 0 saturated heterocycles. The standard InChI is InChI=1S/C9H14O/c1-2-9(8-10)6-4-3-5-7-9/h3-4,8H,2,5-7H2,1H3/t9-/m1/s1. The van der Waals surface area contributed by atoms with Gasteiger partial charge in [0.25, 0.3) is 0 Å². The fourth-order valence-corrected chi connectivity index (χ4v) is 1.42. The van der Waals surface area contributed by atoms with Crippen molar-refractivity contribution in [3.63, 3.8) is 0 Å². The fraction of sp³-hybridized carbons (Fsp3) is 0.667. The number of carbonyl (C=O) groups excluding carboxylic acids is 1. The van der Waals surface area contributed by atoms with Crippen molar-refractivity contribution < 1.29 is 4.79 Å². The van der Waals surface area contributed by atoms with Crippen LogP contribution in [0.5, 0.6) is 0 Å². The molecule has 0 N–H and O–H groups in total. The number of rotatable bonds is 2. The van der Waals surface area contributed by atoms with Crippen LogP contribution in [0.4, 0.5) is 0 Å². The van der Waals surface area contributed by atoms with Crippen LogP contribution in [-0.4, -0.2) is 6.29 Å². The third kappa shape index (κ3) is 1.28. The summed E-state index contributed by atoms with van der Waals surface area (Å²) in [5, 5.41) is 0. The van der Waals surface area contributed by atoms with Gasteiger partial charge in [0.05, 0.1) is 0 Å². The van der Waals surface area contributed by atoms with E-state index in [0.717, 1.165) is 32.0 Å². The quantitative estimate of drug-likeness (QED) is 0.423. The topological polar surface area (TPSA) is 17.1 Å². The molecule has 1 heteroatoms. The van der Waals surface area contributed by atoms with Crippen LogP contribution in [0.15, 0.2) is 12.2 Å². The maximum absolute atomic E-state index is 10.7. The van der Waals surface area contributed by atoms with Crippen molar-refractivity contribution >= 4 is 6.29 Å². The monoisotopic (exact) mass is 138 g/mol. The van der Waals surface area contributed by atoms with Crippen molar-refractivity contribution in [2.24, 2.45) is 5.41 Å². The molecular weight excluding hydrogens is 124 g/mol. The normalized spacial score (nSPS) is 32.1. The summed E-state index contributed by atoms with van der Waals surface area (Å²) in [4.78, 5) is 10.7. The van der Waals surface area contributed by atoms with Gasteiger partial charge in [0.15, 0.2) is 0 Å². The molecule has 1 aliphatic rings. The van der Waals surface area contributed by atoms with Gasteiger partial charge in [0, 0.05) is 5.41 Å². The lowest BCUT2D eigenvalue weighted by Gasteiger charge is -2.27. The Hall–Kier alpha value is -0.590. The highest BCUT2D eigenvalue weighted by atomic mass is 16.1. The first-order valence-corrected chi connectivity index (χ1v) is 3.94. The highest BCUT2D eigenvalue weighted by Gasteiger charge is 2.26. The molecule has 10 heavy (non-hydrogen) atoms. The zero-order valence-corrected chi connectivity index (χ0v) is 6.47. The Bertz CT molecular complexity index is 149. The van der Waals surface area contributed by atoms with Gasteiger partial charge in [-0.2, -0.15) is 0 Å². The molecule has 1 rings (SSSR count). The Morgan fingerprint density at radius 3 is 2.70 bits per heavy atom. The maximum atomic E-state index is 10.7. The molecule has 0 saturated carbocycles. The molecule has 0 fully saturated rings. The predicted molar refractivity (Wildman–Crippen MR) is 41.8 cm³/mol. The summed E-state index contributed by atoms with van der Waals surface area (Å²) < 4.78 is 0. The summed E-state index contributed by atoms with van der Waals surface area (Å²) in [5.74, 6) is 0. The van der Waals surface area contributed by atoms with Crippen LogP contribution in [0.2, 0.25) is 0 Å². The van der Waals surface area contributed by atoms with E-state index in [-0.39, 0.29) is 5.41 Å². The molecule has 0 bridgehead atoms. The van der Waals surface area contributed by atoms with Crippen LogP contribution in [0.1, 0.15) is 32.6 Å². The van der Waals surface area contributed by atoms with Gasteiger partial charge in [-0.25, -0.2) is 0 Å². The van der Waals surface area contributed by atoms with Crippen molar-refractivity contribution in [3.8, 4) is 0 Å². The van der Waals surface area contributed by atoms with Crippen LogP contribution in [0.3, 0.4) is 0 Å². The highest BCUT2D eigenvalue weighted by Crippen LogP contribution is 2.33. The molecule has 0 aromatic rings. The van der Waals surface area contributed by atoms with Gasteiger partial charge in [-0.3, -0.25) is 0 Å². The van der Waals surface area contributed by atoms with E-state index < -0.39 is 0 Å². The van der Waals surface area contributed by atoms with E-state index in [9.17, 15) is 4.79 Å². The second-order valence-electron chi connectivity index (χ2n) is 3.05. The Morgan fingerprint density at radius 1 is 1.60 bits per heavy atom. The Labute approximate surface area is 62.1 Å². The lowest BCUT2D eigenvalue weighted by molar-refractivity contribution is -0.116. The van der Waals surface area contributed by atoms with Crippen LogP contribution in [0, 0.1) is 5.41 Å². The zero-order chi connectivity index (χ0) is 7.45. The molecule has 0 aromatic heterocycles. The lowest BCUT2D eigenvalue weighted by atomic mass is 9.76. The predicted octanol–water partition coefficient (Wildman–Crippen LogP) is 2.32. The molecule has 1 nitrogen and oxygen atoms in total. The van der Waals surface area contributed by atoms with E-state index in [1.807, 2.05) is 0 Å². The maximum Gasteiger partial charge on any atom is 0.126 e. The third-order valence-electron chi connectivity index (χ3n) is 2.45. The van der Waals surface area contributed by atoms with Gasteiger partial charge in [0.2, 0.25) is 0 Å². The van der Waals surface area contributed by atoms with E-state index in [2.05, 4.69) is 19.1 Å². The third-order valence-corrected chi connectivity index (χ3v) is 2.45. The molecule has 0 spiro atoms. The lowest BCUT2D eigenvalue weighted by Crippen LogP contribution is -2.22. The van der Waals surface area contributed by atoms with Crippen LogP contribution in [0.25, 0.3) is 0 Å². The van der Waals surface area contributed by atoms with Gasteiger partial charge in [0.1, 0.15) is 6.29 Å². The first-order valence-electron chi connectivity index (χ1n) is 3.94. The number of hydrogen-bond acceptors (Lipinski definition) is 1. The van der Waals surface area contributed by atoms with Crippen molar-refractivity contribution in [2.45, 2.75) is 32.6 Å². The summed E-state index contributed by atoms with van der Waals surface area (Å²) in [7, 11) is 0. The largest absolute Gasteiger partial charge is 0.303 e. The van der Waals surface area contributed by atoms with Gasteiger partial charge < -0.3 is 4.79 Å². The number of aldehydes is 1. The van der Waals surface area contributed by atoms with E-state index in [1.165, 1.54) is 0 Å². The molecule has 56 valence electrons. The number of hydrogen-bond donors (Lipinski definition) is 0. The first kappa shape index (κ1) is 7.52. The number of carbonyl (C=O) groups is 1. The fourth-order valence-electron chi connectivity index (χ4n) is 1.42.